The van der Waals surface area contributed by atoms with E-state index < -0.39 is 6.10 Å². The van der Waals surface area contributed by atoms with Crippen molar-refractivity contribution in [3.05, 3.63) is 23.9 Å². The monoisotopic (exact) mass is 266 g/mol. The zero-order valence-electron chi connectivity index (χ0n) is 11.4. The molecule has 2 heterocycles. The van der Waals surface area contributed by atoms with Crippen molar-refractivity contribution in [1.82, 2.24) is 4.98 Å². The van der Waals surface area contributed by atoms with Gasteiger partial charge in [-0.15, -0.1) is 0 Å². The maximum Gasteiger partial charge on any atom is 0.134 e. The summed E-state index contributed by atoms with van der Waals surface area (Å²) in [6.45, 7) is 8.42. The molecule has 1 aromatic rings. The first-order valence-corrected chi connectivity index (χ1v) is 7.50. The van der Waals surface area contributed by atoms with E-state index in [1.165, 1.54) is 0 Å². The fourth-order valence-electron chi connectivity index (χ4n) is 2.23. The summed E-state index contributed by atoms with van der Waals surface area (Å²) < 4.78 is 0.342. The van der Waals surface area contributed by atoms with Crippen LogP contribution >= 0.6 is 11.8 Å². The zero-order chi connectivity index (χ0) is 13.2. The third-order valence-corrected chi connectivity index (χ3v) is 4.78. The van der Waals surface area contributed by atoms with Crippen molar-refractivity contribution in [3.63, 3.8) is 0 Å². The largest absolute Gasteiger partial charge is 0.389 e. The van der Waals surface area contributed by atoms with Crippen LogP contribution in [0.4, 0.5) is 5.82 Å². The molecule has 18 heavy (non-hydrogen) atoms. The lowest BCUT2D eigenvalue weighted by Gasteiger charge is -2.25. The van der Waals surface area contributed by atoms with Crippen molar-refractivity contribution in [2.45, 2.75) is 38.0 Å². The molecule has 4 heteroatoms. The fourth-order valence-corrected chi connectivity index (χ4v) is 3.33. The minimum absolute atomic E-state index is 0.342. The molecule has 1 N–H and O–H groups in total. The number of rotatable bonds is 2. The van der Waals surface area contributed by atoms with Crippen LogP contribution in [0.15, 0.2) is 18.3 Å². The van der Waals surface area contributed by atoms with E-state index in [4.69, 9.17) is 0 Å². The molecule has 1 fully saturated rings. The highest BCUT2D eigenvalue weighted by Crippen LogP contribution is 2.33. The minimum Gasteiger partial charge on any atom is -0.389 e. The third kappa shape index (κ3) is 3.18. The van der Waals surface area contributed by atoms with E-state index in [1.807, 2.05) is 30.1 Å². The highest BCUT2D eigenvalue weighted by molar-refractivity contribution is 8.00. The Bertz CT molecular complexity index is 407. The SMILES string of the molecule is C[C@H](O)c1cccnc1N1CCSC(C)(C)CC1. The van der Waals surface area contributed by atoms with Crippen LogP contribution in [-0.2, 0) is 0 Å². The van der Waals surface area contributed by atoms with Gasteiger partial charge < -0.3 is 10.0 Å². The topological polar surface area (TPSA) is 36.4 Å². The molecular weight excluding hydrogens is 244 g/mol. The number of aromatic nitrogens is 1. The average molecular weight is 266 g/mol. The average Bonchev–Trinajstić information content (AvgIpc) is 2.50. The number of thioether (sulfide) groups is 1. The lowest BCUT2D eigenvalue weighted by Crippen LogP contribution is -2.29. The number of nitrogens with zero attached hydrogens (tertiary/aromatic N) is 2. The molecule has 0 amide bonds. The number of aliphatic hydroxyl groups excluding tert-OH is 1. The van der Waals surface area contributed by atoms with Crippen LogP contribution in [0.5, 0.6) is 0 Å². The van der Waals surface area contributed by atoms with Gasteiger partial charge in [0.2, 0.25) is 0 Å². The lowest BCUT2D eigenvalue weighted by molar-refractivity contribution is 0.199. The fraction of sp³-hybridized carbons (Fsp3) is 0.643. The van der Waals surface area contributed by atoms with Crippen molar-refractivity contribution in [2.24, 2.45) is 0 Å². The Morgan fingerprint density at radius 3 is 2.94 bits per heavy atom. The molecule has 3 nitrogen and oxygen atoms in total. The maximum absolute atomic E-state index is 9.84. The van der Waals surface area contributed by atoms with Crippen molar-refractivity contribution in [3.8, 4) is 0 Å². The van der Waals surface area contributed by atoms with Gasteiger partial charge in [0.1, 0.15) is 5.82 Å². The Morgan fingerprint density at radius 2 is 2.22 bits per heavy atom. The van der Waals surface area contributed by atoms with Crippen LogP contribution < -0.4 is 4.90 Å². The van der Waals surface area contributed by atoms with Gasteiger partial charge in [-0.25, -0.2) is 4.98 Å². The molecular formula is C14H22N2OS. The normalized spacial score (nSPS) is 21.4. The molecule has 1 aliphatic heterocycles. The summed E-state index contributed by atoms with van der Waals surface area (Å²) in [6, 6.07) is 3.86. The van der Waals surface area contributed by atoms with Crippen molar-refractivity contribution >= 4 is 17.6 Å². The second kappa shape index (κ2) is 5.49. The molecule has 1 aliphatic rings. The Balaban J connectivity index is 2.21. The van der Waals surface area contributed by atoms with Crippen LogP contribution in [0, 0.1) is 0 Å². The Morgan fingerprint density at radius 1 is 1.44 bits per heavy atom. The Kier molecular flexibility index (Phi) is 4.17. The van der Waals surface area contributed by atoms with Gasteiger partial charge in [0.15, 0.2) is 0 Å². The standard InChI is InChI=1S/C14H22N2OS/c1-11(17)12-5-4-7-15-13(12)16-8-6-14(2,3)18-10-9-16/h4-5,7,11,17H,6,8-10H2,1-3H3/t11-/m0/s1. The number of pyridine rings is 1. The van der Waals surface area contributed by atoms with Gasteiger partial charge in [0.05, 0.1) is 6.10 Å². The molecule has 0 aromatic carbocycles. The number of hydrogen-bond acceptors (Lipinski definition) is 4. The first-order chi connectivity index (χ1) is 8.49. The molecule has 100 valence electrons. The quantitative estimate of drug-likeness (QED) is 0.893. The molecule has 1 aromatic heterocycles. The second-order valence-electron chi connectivity index (χ2n) is 5.44. The van der Waals surface area contributed by atoms with Gasteiger partial charge in [-0.3, -0.25) is 0 Å². The van der Waals surface area contributed by atoms with Crippen molar-refractivity contribution in [2.75, 3.05) is 23.7 Å². The van der Waals surface area contributed by atoms with Crippen molar-refractivity contribution in [1.29, 1.82) is 0 Å². The molecule has 0 bridgehead atoms. The molecule has 0 spiro atoms. The van der Waals surface area contributed by atoms with Crippen LogP contribution in [-0.4, -0.2) is 33.7 Å². The van der Waals surface area contributed by atoms with Crippen LogP contribution in [0.2, 0.25) is 0 Å². The minimum atomic E-state index is -0.461. The molecule has 0 unspecified atom stereocenters. The number of aliphatic hydroxyl groups is 1. The predicted octanol–water partition coefficient (Wildman–Crippen LogP) is 2.86. The summed E-state index contributed by atoms with van der Waals surface area (Å²) in [7, 11) is 0. The molecule has 1 atom stereocenters. The van der Waals surface area contributed by atoms with Gasteiger partial charge >= 0.3 is 0 Å². The summed E-state index contributed by atoms with van der Waals surface area (Å²) >= 11 is 2.02. The van der Waals surface area contributed by atoms with E-state index in [2.05, 4.69) is 23.7 Å². The summed E-state index contributed by atoms with van der Waals surface area (Å²) in [5.41, 5.74) is 0.933. The van der Waals surface area contributed by atoms with Crippen LogP contribution in [0.1, 0.15) is 38.9 Å². The van der Waals surface area contributed by atoms with Gasteiger partial charge in [-0.2, -0.15) is 11.8 Å². The first-order valence-electron chi connectivity index (χ1n) is 6.51. The van der Waals surface area contributed by atoms with E-state index in [-0.39, 0.29) is 0 Å². The molecule has 0 radical (unpaired) electrons. The Labute approximate surface area is 114 Å². The summed E-state index contributed by atoms with van der Waals surface area (Å²) in [4.78, 5) is 6.78. The molecule has 2 rings (SSSR count). The predicted molar refractivity (Wildman–Crippen MR) is 78.2 cm³/mol. The summed E-state index contributed by atoms with van der Waals surface area (Å²) in [5, 5.41) is 9.84. The zero-order valence-corrected chi connectivity index (χ0v) is 12.2. The van der Waals surface area contributed by atoms with E-state index in [9.17, 15) is 5.11 Å². The summed E-state index contributed by atoms with van der Waals surface area (Å²) in [5.74, 6) is 2.06. The third-order valence-electron chi connectivity index (χ3n) is 3.40. The van der Waals surface area contributed by atoms with Gasteiger partial charge in [-0.1, -0.05) is 19.9 Å². The molecule has 0 saturated carbocycles. The second-order valence-corrected chi connectivity index (χ2v) is 7.24. The first kappa shape index (κ1) is 13.7. The molecule has 1 saturated heterocycles. The van der Waals surface area contributed by atoms with Gasteiger partial charge in [0.25, 0.3) is 0 Å². The molecule has 0 aliphatic carbocycles. The van der Waals surface area contributed by atoms with E-state index >= 15 is 0 Å². The highest BCUT2D eigenvalue weighted by atomic mass is 32.2. The smallest absolute Gasteiger partial charge is 0.134 e. The van der Waals surface area contributed by atoms with Gasteiger partial charge in [0, 0.05) is 35.3 Å². The number of anilines is 1. The highest BCUT2D eigenvalue weighted by Gasteiger charge is 2.25. The van der Waals surface area contributed by atoms with Crippen molar-refractivity contribution < 1.29 is 5.11 Å². The van der Waals surface area contributed by atoms with Gasteiger partial charge in [-0.05, 0) is 19.4 Å². The van der Waals surface area contributed by atoms with E-state index in [0.29, 0.717) is 4.75 Å². The maximum atomic E-state index is 9.84. The van der Waals surface area contributed by atoms with E-state index in [1.54, 1.807) is 6.92 Å². The lowest BCUT2D eigenvalue weighted by atomic mass is 10.1. The number of hydrogen-bond donors (Lipinski definition) is 1. The van der Waals surface area contributed by atoms with E-state index in [0.717, 1.165) is 36.6 Å². The summed E-state index contributed by atoms with van der Waals surface area (Å²) in [6.07, 6.45) is 2.50. The Hall–Kier alpha value is -0.740. The van der Waals surface area contributed by atoms with Crippen LogP contribution in [0.25, 0.3) is 0 Å². The van der Waals surface area contributed by atoms with Crippen LogP contribution in [0.3, 0.4) is 0 Å².